The molecule has 0 bridgehead atoms. The first-order valence-corrected chi connectivity index (χ1v) is 7.84. The van der Waals surface area contributed by atoms with E-state index in [4.69, 9.17) is 0 Å². The number of nitrogens with one attached hydrogen (secondary N) is 1. The number of hydrogen-bond acceptors (Lipinski definition) is 3. The molecule has 1 atom stereocenters. The lowest BCUT2D eigenvalue weighted by Crippen LogP contribution is -2.48. The normalized spacial score (nSPS) is 17.4. The van der Waals surface area contributed by atoms with Crippen LogP contribution < -0.4 is 5.32 Å². The Kier molecular flexibility index (Phi) is 4.52. The van der Waals surface area contributed by atoms with Crippen LogP contribution in [0.5, 0.6) is 0 Å². The van der Waals surface area contributed by atoms with Gasteiger partial charge in [0.25, 0.3) is 5.92 Å². The number of amides is 2. The van der Waals surface area contributed by atoms with Crippen LogP contribution in [0.2, 0.25) is 0 Å². The van der Waals surface area contributed by atoms with Crippen molar-refractivity contribution in [2.24, 2.45) is 0 Å². The molecule has 1 aliphatic rings. The van der Waals surface area contributed by atoms with Gasteiger partial charge in [-0.3, -0.25) is 4.98 Å². The Morgan fingerprint density at radius 2 is 2.12 bits per heavy atom. The van der Waals surface area contributed by atoms with Crippen LogP contribution in [0, 0.1) is 0 Å². The van der Waals surface area contributed by atoms with Crippen LogP contribution in [0.15, 0.2) is 36.5 Å². The minimum atomic E-state index is -2.92. The number of para-hydroxylation sites is 1. The number of benzene rings is 1. The zero-order valence-corrected chi connectivity index (χ0v) is 13.3. The summed E-state index contributed by atoms with van der Waals surface area (Å²) in [6.07, 6.45) is 1.16. The fourth-order valence-corrected chi connectivity index (χ4v) is 2.81. The highest BCUT2D eigenvalue weighted by Crippen LogP contribution is 2.26. The molecule has 8 heteroatoms. The molecule has 1 aliphatic heterocycles. The second kappa shape index (κ2) is 6.62. The van der Waals surface area contributed by atoms with Crippen molar-refractivity contribution in [2.75, 3.05) is 13.1 Å². The van der Waals surface area contributed by atoms with Crippen LogP contribution in [0.3, 0.4) is 0 Å². The van der Waals surface area contributed by atoms with Gasteiger partial charge in [0.05, 0.1) is 12.1 Å². The molecule has 1 saturated heterocycles. The van der Waals surface area contributed by atoms with E-state index in [0.717, 1.165) is 15.8 Å². The number of aliphatic carboxylic acids is 1. The predicted molar refractivity (Wildman–Crippen MR) is 86.5 cm³/mol. The summed E-state index contributed by atoms with van der Waals surface area (Å²) in [5, 5.41) is 12.5. The summed E-state index contributed by atoms with van der Waals surface area (Å²) in [6.45, 7) is -0.786. The first-order chi connectivity index (χ1) is 11.8. The van der Waals surface area contributed by atoms with Crippen LogP contribution in [0.4, 0.5) is 13.6 Å². The van der Waals surface area contributed by atoms with Gasteiger partial charge in [0.15, 0.2) is 0 Å². The molecular formula is C17H17F2N3O3. The van der Waals surface area contributed by atoms with E-state index in [1.807, 2.05) is 24.3 Å². The third kappa shape index (κ3) is 4.01. The Bertz CT molecular complexity index is 813. The average Bonchev–Trinajstić information content (AvgIpc) is 2.94. The molecule has 0 saturated carbocycles. The van der Waals surface area contributed by atoms with Gasteiger partial charge in [-0.15, -0.1) is 0 Å². The van der Waals surface area contributed by atoms with Gasteiger partial charge in [0.1, 0.15) is 6.04 Å². The van der Waals surface area contributed by atoms with Crippen LogP contribution >= 0.6 is 0 Å². The molecule has 0 radical (unpaired) electrons. The largest absolute Gasteiger partial charge is 0.480 e. The standard InChI is InChI=1S/C17H17F2N3O3/c18-17(19)5-6-22(10-17)16(25)21-14(15(23)24)8-11-7-12-3-1-2-4-13(12)20-9-11/h1-4,7,9,14H,5-6,8,10H2,(H,21,25)(H,23,24). The Morgan fingerprint density at radius 3 is 2.80 bits per heavy atom. The van der Waals surface area contributed by atoms with E-state index >= 15 is 0 Å². The number of likely N-dealkylation sites (tertiary alicyclic amines) is 1. The van der Waals surface area contributed by atoms with Gasteiger partial charge in [-0.2, -0.15) is 0 Å². The summed E-state index contributed by atoms with van der Waals surface area (Å²) in [6, 6.07) is 7.17. The molecule has 132 valence electrons. The van der Waals surface area contributed by atoms with Crippen molar-refractivity contribution in [2.45, 2.75) is 24.8 Å². The molecule has 0 aliphatic carbocycles. The number of fused-ring (bicyclic) bond motifs is 1. The number of carbonyl (C=O) groups excluding carboxylic acids is 1. The SMILES string of the molecule is O=C(O)C(Cc1cnc2ccccc2c1)NC(=O)N1CCC(F)(F)C1. The van der Waals surface area contributed by atoms with E-state index < -0.39 is 36.9 Å². The number of rotatable bonds is 4. The van der Waals surface area contributed by atoms with Crippen molar-refractivity contribution in [1.29, 1.82) is 0 Å². The molecule has 25 heavy (non-hydrogen) atoms. The van der Waals surface area contributed by atoms with Crippen LogP contribution in [-0.2, 0) is 11.2 Å². The van der Waals surface area contributed by atoms with Gasteiger partial charge in [-0.25, -0.2) is 18.4 Å². The maximum Gasteiger partial charge on any atom is 0.326 e. The number of aromatic nitrogens is 1. The summed E-state index contributed by atoms with van der Waals surface area (Å²) in [4.78, 5) is 28.7. The molecule has 2 aromatic rings. The summed E-state index contributed by atoms with van der Waals surface area (Å²) in [7, 11) is 0. The first kappa shape index (κ1) is 17.1. The number of carboxylic acid groups (broad SMARTS) is 1. The second-order valence-corrected chi connectivity index (χ2v) is 6.11. The molecule has 3 rings (SSSR count). The van der Waals surface area contributed by atoms with Crippen LogP contribution in [0.25, 0.3) is 10.9 Å². The maximum atomic E-state index is 13.2. The fourth-order valence-electron chi connectivity index (χ4n) is 2.81. The summed E-state index contributed by atoms with van der Waals surface area (Å²) in [5.74, 6) is -4.15. The number of hydrogen-bond donors (Lipinski definition) is 2. The monoisotopic (exact) mass is 349 g/mol. The molecular weight excluding hydrogens is 332 g/mol. The number of alkyl halides is 2. The van der Waals surface area contributed by atoms with Crippen molar-refractivity contribution < 1.29 is 23.5 Å². The lowest BCUT2D eigenvalue weighted by atomic mass is 10.1. The lowest BCUT2D eigenvalue weighted by Gasteiger charge is -2.21. The summed E-state index contributed by atoms with van der Waals surface area (Å²) in [5.41, 5.74) is 1.42. The summed E-state index contributed by atoms with van der Waals surface area (Å²) < 4.78 is 26.4. The molecule has 1 unspecified atom stereocenters. The van der Waals surface area contributed by atoms with E-state index in [-0.39, 0.29) is 13.0 Å². The summed E-state index contributed by atoms with van der Waals surface area (Å²) >= 11 is 0. The topological polar surface area (TPSA) is 82.5 Å². The number of carbonyl (C=O) groups is 2. The van der Waals surface area contributed by atoms with Gasteiger partial charge in [0, 0.05) is 31.0 Å². The highest BCUT2D eigenvalue weighted by molar-refractivity contribution is 5.83. The van der Waals surface area contributed by atoms with E-state index in [1.165, 1.54) is 0 Å². The van der Waals surface area contributed by atoms with Crippen molar-refractivity contribution in [3.8, 4) is 0 Å². The predicted octanol–water partition coefficient (Wildman–Crippen LogP) is 2.28. The van der Waals surface area contributed by atoms with E-state index in [9.17, 15) is 23.5 Å². The smallest absolute Gasteiger partial charge is 0.326 e. The molecule has 0 spiro atoms. The number of urea groups is 1. The van der Waals surface area contributed by atoms with Crippen LogP contribution in [0.1, 0.15) is 12.0 Å². The van der Waals surface area contributed by atoms with Crippen molar-refractivity contribution >= 4 is 22.9 Å². The molecule has 2 N–H and O–H groups in total. The number of nitrogens with zero attached hydrogens (tertiary/aromatic N) is 2. The van der Waals surface area contributed by atoms with Crippen molar-refractivity contribution in [3.63, 3.8) is 0 Å². The zero-order valence-electron chi connectivity index (χ0n) is 13.3. The molecule has 1 aromatic carbocycles. The Labute approximate surface area is 142 Å². The number of halogens is 2. The fraction of sp³-hybridized carbons (Fsp3) is 0.353. The van der Waals surface area contributed by atoms with Gasteiger partial charge in [-0.05, 0) is 17.7 Å². The maximum absolute atomic E-state index is 13.2. The zero-order chi connectivity index (χ0) is 18.0. The second-order valence-electron chi connectivity index (χ2n) is 6.11. The van der Waals surface area contributed by atoms with Crippen LogP contribution in [-0.4, -0.2) is 52.0 Å². The lowest BCUT2D eigenvalue weighted by molar-refractivity contribution is -0.139. The number of carboxylic acids is 1. The van der Waals surface area contributed by atoms with Crippen molar-refractivity contribution in [3.05, 3.63) is 42.1 Å². The van der Waals surface area contributed by atoms with E-state index in [0.29, 0.717) is 5.56 Å². The third-order valence-corrected chi connectivity index (χ3v) is 4.14. The van der Waals surface area contributed by atoms with Crippen molar-refractivity contribution in [1.82, 2.24) is 15.2 Å². The van der Waals surface area contributed by atoms with Gasteiger partial charge >= 0.3 is 12.0 Å². The van der Waals surface area contributed by atoms with Gasteiger partial charge in [0.2, 0.25) is 0 Å². The Hall–Kier alpha value is -2.77. The van der Waals surface area contributed by atoms with Gasteiger partial charge < -0.3 is 15.3 Å². The van der Waals surface area contributed by atoms with Gasteiger partial charge in [-0.1, -0.05) is 18.2 Å². The average molecular weight is 349 g/mol. The quantitative estimate of drug-likeness (QED) is 0.887. The molecule has 2 amide bonds. The first-order valence-electron chi connectivity index (χ1n) is 7.84. The minimum absolute atomic E-state index is 0.0170. The molecule has 6 nitrogen and oxygen atoms in total. The highest BCUT2D eigenvalue weighted by Gasteiger charge is 2.41. The molecule has 2 heterocycles. The highest BCUT2D eigenvalue weighted by atomic mass is 19.3. The van der Waals surface area contributed by atoms with E-state index in [2.05, 4.69) is 10.3 Å². The van der Waals surface area contributed by atoms with E-state index in [1.54, 1.807) is 12.3 Å². The molecule has 1 aromatic heterocycles. The Balaban J connectivity index is 1.70. The Morgan fingerprint density at radius 1 is 1.36 bits per heavy atom. The third-order valence-electron chi connectivity index (χ3n) is 4.14. The minimum Gasteiger partial charge on any atom is -0.480 e. The molecule has 1 fully saturated rings. The number of pyridine rings is 1.